The highest BCUT2D eigenvalue weighted by atomic mass is 32.2. The monoisotopic (exact) mass is 491 g/mol. The molecule has 1 amide bonds. The number of pyridine rings is 1. The van der Waals surface area contributed by atoms with Gasteiger partial charge in [-0.05, 0) is 49.7 Å². The molecule has 2 heterocycles. The lowest BCUT2D eigenvalue weighted by atomic mass is 10.00. The van der Waals surface area contributed by atoms with E-state index >= 15 is 0 Å². The van der Waals surface area contributed by atoms with Gasteiger partial charge in [-0.1, -0.05) is 19.1 Å². The Hall–Kier alpha value is -2.82. The SMILES string of the molecule is C/C=C/c1cnc2c(c1)C(=O)N([C@H](C)CO)C[C@@H](C)[C@H](CN(C)S(=O)(=O)c1ccc(F)cc1)O2. The van der Waals surface area contributed by atoms with Gasteiger partial charge in [0.1, 0.15) is 17.5 Å². The van der Waals surface area contributed by atoms with Crippen LogP contribution in [0.15, 0.2) is 47.5 Å². The van der Waals surface area contributed by atoms with E-state index < -0.39 is 28.0 Å². The molecular weight excluding hydrogens is 461 g/mol. The van der Waals surface area contributed by atoms with Crippen LogP contribution in [-0.2, 0) is 10.0 Å². The second-order valence-corrected chi connectivity index (χ2v) is 10.5. The van der Waals surface area contributed by atoms with Crippen molar-refractivity contribution in [3.63, 3.8) is 0 Å². The zero-order valence-corrected chi connectivity index (χ0v) is 20.5. The number of hydrogen-bond donors (Lipinski definition) is 1. The summed E-state index contributed by atoms with van der Waals surface area (Å²) < 4.78 is 46.6. The number of fused-ring (bicyclic) bond motifs is 1. The molecule has 0 aliphatic carbocycles. The minimum absolute atomic E-state index is 0.0197. The van der Waals surface area contributed by atoms with Crippen LogP contribution in [0.2, 0.25) is 0 Å². The number of aliphatic hydroxyl groups is 1. The van der Waals surface area contributed by atoms with Crippen molar-refractivity contribution in [3.05, 3.63) is 59.5 Å². The molecule has 0 fully saturated rings. The highest BCUT2D eigenvalue weighted by molar-refractivity contribution is 7.89. The second kappa shape index (κ2) is 10.6. The quantitative estimate of drug-likeness (QED) is 0.639. The number of carbonyl (C=O) groups is 1. The summed E-state index contributed by atoms with van der Waals surface area (Å²) >= 11 is 0. The zero-order chi connectivity index (χ0) is 25.0. The molecule has 0 spiro atoms. The molecule has 0 radical (unpaired) electrons. The lowest BCUT2D eigenvalue weighted by molar-refractivity contribution is 0.0373. The van der Waals surface area contributed by atoms with Gasteiger partial charge in [-0.25, -0.2) is 17.8 Å². The number of likely N-dealkylation sites (N-methyl/N-ethyl adjacent to an activating group) is 1. The smallest absolute Gasteiger partial charge is 0.259 e. The maximum Gasteiger partial charge on any atom is 0.259 e. The molecule has 10 heteroatoms. The minimum atomic E-state index is -3.90. The fourth-order valence-electron chi connectivity index (χ4n) is 3.76. The predicted octanol–water partition coefficient (Wildman–Crippen LogP) is 2.79. The Labute approximate surface area is 199 Å². The molecule has 0 unspecified atom stereocenters. The molecule has 1 aliphatic heterocycles. The highest BCUT2D eigenvalue weighted by Gasteiger charge is 2.35. The Morgan fingerprint density at radius 2 is 2.03 bits per heavy atom. The fourth-order valence-corrected chi connectivity index (χ4v) is 4.94. The molecule has 3 atom stereocenters. The summed E-state index contributed by atoms with van der Waals surface area (Å²) in [4.78, 5) is 19.2. The Kier molecular flexibility index (Phi) is 8.06. The van der Waals surface area contributed by atoms with Crippen molar-refractivity contribution < 1.29 is 27.4 Å². The van der Waals surface area contributed by atoms with Gasteiger partial charge >= 0.3 is 0 Å². The number of ether oxygens (including phenoxy) is 1. The lowest BCUT2D eigenvalue weighted by Gasteiger charge is -2.37. The zero-order valence-electron chi connectivity index (χ0n) is 19.7. The topological polar surface area (TPSA) is 100 Å². The summed E-state index contributed by atoms with van der Waals surface area (Å²) in [5.41, 5.74) is 0.966. The lowest BCUT2D eigenvalue weighted by Crippen LogP contribution is -2.50. The van der Waals surface area contributed by atoms with Gasteiger partial charge in [-0.2, -0.15) is 4.31 Å². The average molecular weight is 492 g/mol. The van der Waals surface area contributed by atoms with Crippen LogP contribution in [0.5, 0.6) is 5.88 Å². The van der Waals surface area contributed by atoms with Crippen molar-refractivity contribution in [1.82, 2.24) is 14.2 Å². The van der Waals surface area contributed by atoms with E-state index in [9.17, 15) is 22.7 Å². The third-order valence-electron chi connectivity index (χ3n) is 5.86. The number of aliphatic hydroxyl groups excluding tert-OH is 1. The first-order chi connectivity index (χ1) is 16.1. The van der Waals surface area contributed by atoms with Crippen LogP contribution in [0.3, 0.4) is 0 Å². The van der Waals surface area contributed by atoms with Gasteiger partial charge in [0.2, 0.25) is 15.9 Å². The van der Waals surface area contributed by atoms with Gasteiger partial charge in [0.05, 0.1) is 24.1 Å². The Morgan fingerprint density at radius 1 is 1.35 bits per heavy atom. The van der Waals surface area contributed by atoms with E-state index in [2.05, 4.69) is 4.98 Å². The number of amides is 1. The van der Waals surface area contributed by atoms with E-state index in [4.69, 9.17) is 4.74 Å². The molecule has 0 saturated carbocycles. The maximum absolute atomic E-state index is 13.3. The van der Waals surface area contributed by atoms with Crippen LogP contribution in [-0.4, -0.2) is 72.5 Å². The molecule has 3 rings (SSSR count). The van der Waals surface area contributed by atoms with Crippen LogP contribution in [0, 0.1) is 11.7 Å². The normalized spacial score (nSPS) is 20.1. The van der Waals surface area contributed by atoms with Crippen molar-refractivity contribution in [2.24, 2.45) is 5.92 Å². The van der Waals surface area contributed by atoms with Crippen LogP contribution in [0.25, 0.3) is 6.08 Å². The number of carbonyl (C=O) groups excluding carboxylic acids is 1. The molecule has 2 aromatic rings. The van der Waals surface area contributed by atoms with E-state index in [0.717, 1.165) is 22.0 Å². The van der Waals surface area contributed by atoms with Crippen molar-refractivity contribution in [3.8, 4) is 5.88 Å². The van der Waals surface area contributed by atoms with E-state index in [1.165, 1.54) is 19.2 Å². The van der Waals surface area contributed by atoms with Gasteiger partial charge in [-0.3, -0.25) is 4.79 Å². The standard InChI is InChI=1S/C24H30FN3O5S/c1-5-6-18-11-21-23(26-12-18)33-22(16(2)13-28(24(21)30)17(3)15-29)14-27(4)34(31,32)20-9-7-19(25)8-10-20/h5-12,16-17,22,29H,13-15H2,1-4H3/b6-5+/t16-,17-,22+/m1/s1. The largest absolute Gasteiger partial charge is 0.472 e. The summed E-state index contributed by atoms with van der Waals surface area (Å²) in [6.07, 6.45) is 4.57. The molecule has 34 heavy (non-hydrogen) atoms. The first-order valence-corrected chi connectivity index (χ1v) is 12.5. The summed E-state index contributed by atoms with van der Waals surface area (Å²) in [6.45, 7) is 5.46. The van der Waals surface area contributed by atoms with E-state index in [1.807, 2.05) is 26.0 Å². The Balaban J connectivity index is 1.97. The number of rotatable bonds is 7. The third-order valence-corrected chi connectivity index (χ3v) is 7.70. The number of hydrogen-bond acceptors (Lipinski definition) is 6. The first-order valence-electron chi connectivity index (χ1n) is 11.0. The number of benzene rings is 1. The minimum Gasteiger partial charge on any atom is -0.472 e. The van der Waals surface area contributed by atoms with Crippen LogP contribution in [0.1, 0.15) is 36.7 Å². The first kappa shape index (κ1) is 25.8. The fraction of sp³-hybridized carbons (Fsp3) is 0.417. The number of sulfonamides is 1. The molecule has 184 valence electrons. The molecule has 8 nitrogen and oxygen atoms in total. The number of aromatic nitrogens is 1. The molecule has 1 aromatic carbocycles. The van der Waals surface area contributed by atoms with Gasteiger partial charge in [0.15, 0.2) is 0 Å². The maximum atomic E-state index is 13.3. The summed E-state index contributed by atoms with van der Waals surface area (Å²) in [5.74, 6) is -1.01. The highest BCUT2D eigenvalue weighted by Crippen LogP contribution is 2.28. The second-order valence-electron chi connectivity index (χ2n) is 8.48. The molecule has 0 saturated heterocycles. The van der Waals surface area contributed by atoms with Crippen LogP contribution < -0.4 is 4.74 Å². The van der Waals surface area contributed by atoms with Gasteiger partial charge < -0.3 is 14.7 Å². The van der Waals surface area contributed by atoms with Crippen LogP contribution >= 0.6 is 0 Å². The molecular formula is C24H30FN3O5S. The molecule has 1 aromatic heterocycles. The van der Waals surface area contributed by atoms with E-state index in [-0.39, 0.29) is 47.9 Å². The Bertz CT molecular complexity index is 1150. The van der Waals surface area contributed by atoms with Gasteiger partial charge in [0, 0.05) is 25.7 Å². The Morgan fingerprint density at radius 3 is 2.65 bits per heavy atom. The molecule has 1 aliphatic rings. The van der Waals surface area contributed by atoms with Crippen molar-refractivity contribution in [1.29, 1.82) is 0 Å². The van der Waals surface area contributed by atoms with Crippen molar-refractivity contribution >= 4 is 22.0 Å². The number of halogens is 1. The van der Waals surface area contributed by atoms with Gasteiger partial charge in [-0.15, -0.1) is 0 Å². The predicted molar refractivity (Wildman–Crippen MR) is 126 cm³/mol. The van der Waals surface area contributed by atoms with Gasteiger partial charge in [0.25, 0.3) is 5.91 Å². The third kappa shape index (κ3) is 5.45. The van der Waals surface area contributed by atoms with Crippen LogP contribution in [0.4, 0.5) is 4.39 Å². The average Bonchev–Trinajstić information content (AvgIpc) is 2.81. The van der Waals surface area contributed by atoms with Crippen molar-refractivity contribution in [2.45, 2.75) is 37.8 Å². The number of allylic oxidation sites excluding steroid dienone is 1. The summed E-state index contributed by atoms with van der Waals surface area (Å²) in [6, 6.07) is 5.84. The van der Waals surface area contributed by atoms with E-state index in [1.54, 1.807) is 24.1 Å². The number of nitrogens with zero attached hydrogens (tertiary/aromatic N) is 3. The molecule has 0 bridgehead atoms. The van der Waals surface area contributed by atoms with E-state index in [0.29, 0.717) is 0 Å². The summed E-state index contributed by atoms with van der Waals surface area (Å²) in [7, 11) is -2.47. The molecule has 1 N–H and O–H groups in total. The van der Waals surface area contributed by atoms with Crippen molar-refractivity contribution in [2.75, 3.05) is 26.7 Å². The summed E-state index contributed by atoms with van der Waals surface area (Å²) in [5, 5.41) is 9.74.